The summed E-state index contributed by atoms with van der Waals surface area (Å²) in [6.07, 6.45) is 0.706. The summed E-state index contributed by atoms with van der Waals surface area (Å²) in [5, 5.41) is 5.55. The lowest BCUT2D eigenvalue weighted by atomic mass is 9.86. The van der Waals surface area contributed by atoms with E-state index >= 15 is 0 Å². The van der Waals surface area contributed by atoms with Crippen molar-refractivity contribution in [1.82, 2.24) is 10.2 Å². The quantitative estimate of drug-likeness (QED) is 0.712. The molecule has 0 bridgehead atoms. The van der Waals surface area contributed by atoms with Crippen LogP contribution in [0.25, 0.3) is 10.8 Å². The largest absolute Gasteiger partial charge is 0.351 e. The van der Waals surface area contributed by atoms with E-state index in [0.29, 0.717) is 6.42 Å². The van der Waals surface area contributed by atoms with E-state index < -0.39 is 0 Å². The molecule has 3 aromatic rings. The fraction of sp³-hybridized carbons (Fsp3) is 0.292. The van der Waals surface area contributed by atoms with Gasteiger partial charge in [-0.25, -0.2) is 4.39 Å². The molecule has 1 amide bonds. The molecule has 0 aliphatic carbocycles. The summed E-state index contributed by atoms with van der Waals surface area (Å²) in [6, 6.07) is 22.0. The molecule has 1 heterocycles. The highest BCUT2D eigenvalue weighted by molar-refractivity contribution is 5.86. The standard InChI is InChI=1S/C24H25FN2O/c1-16(21-12-6-9-19-8-3-4-11-22(19)21)27-15-23(26-17(2)28)24(27)14-18-7-5-10-20(25)13-18/h3-13,16,23-24H,14-15H2,1-2H3,(H,26,28). The summed E-state index contributed by atoms with van der Waals surface area (Å²) >= 11 is 0. The van der Waals surface area contributed by atoms with Crippen molar-refractivity contribution in [3.8, 4) is 0 Å². The number of benzene rings is 3. The number of nitrogens with zero attached hydrogens (tertiary/aromatic N) is 1. The van der Waals surface area contributed by atoms with Gasteiger partial charge in [-0.1, -0.05) is 54.6 Å². The van der Waals surface area contributed by atoms with Crippen molar-refractivity contribution in [1.29, 1.82) is 0 Å². The smallest absolute Gasteiger partial charge is 0.217 e. The Labute approximate surface area is 165 Å². The predicted molar refractivity (Wildman–Crippen MR) is 111 cm³/mol. The molecule has 3 atom stereocenters. The second-order valence-electron chi connectivity index (χ2n) is 7.65. The first-order valence-electron chi connectivity index (χ1n) is 9.78. The summed E-state index contributed by atoms with van der Waals surface area (Å²) < 4.78 is 13.7. The molecule has 0 saturated carbocycles. The molecule has 3 unspecified atom stereocenters. The van der Waals surface area contributed by atoms with Crippen molar-refractivity contribution in [2.45, 2.75) is 38.4 Å². The van der Waals surface area contributed by atoms with Crippen LogP contribution < -0.4 is 5.32 Å². The minimum Gasteiger partial charge on any atom is -0.351 e. The van der Waals surface area contributed by atoms with Crippen LogP contribution in [-0.4, -0.2) is 29.4 Å². The fourth-order valence-corrected chi connectivity index (χ4v) is 4.38. The van der Waals surface area contributed by atoms with Crippen LogP contribution in [0.4, 0.5) is 4.39 Å². The third-order valence-corrected chi connectivity index (χ3v) is 5.79. The average molecular weight is 376 g/mol. The summed E-state index contributed by atoms with van der Waals surface area (Å²) in [7, 11) is 0. The lowest BCUT2D eigenvalue weighted by Crippen LogP contribution is -2.67. The van der Waals surface area contributed by atoms with Gasteiger partial charge in [-0.05, 0) is 47.4 Å². The number of likely N-dealkylation sites (tertiary alicyclic amines) is 1. The highest BCUT2D eigenvalue weighted by Gasteiger charge is 2.42. The minimum atomic E-state index is -0.221. The Kier molecular flexibility index (Phi) is 5.14. The van der Waals surface area contributed by atoms with E-state index in [1.54, 1.807) is 19.1 Å². The van der Waals surface area contributed by atoms with Gasteiger partial charge in [0.25, 0.3) is 0 Å². The molecule has 28 heavy (non-hydrogen) atoms. The van der Waals surface area contributed by atoms with E-state index in [1.807, 2.05) is 6.07 Å². The van der Waals surface area contributed by atoms with E-state index in [4.69, 9.17) is 0 Å². The van der Waals surface area contributed by atoms with Gasteiger partial charge in [0, 0.05) is 25.6 Å². The van der Waals surface area contributed by atoms with Crippen LogP contribution in [0.15, 0.2) is 66.7 Å². The maximum absolute atomic E-state index is 13.7. The molecule has 0 aromatic heterocycles. The number of hydrogen-bond donors (Lipinski definition) is 1. The molecule has 4 heteroatoms. The molecule has 3 aromatic carbocycles. The molecule has 144 valence electrons. The van der Waals surface area contributed by atoms with E-state index in [0.717, 1.165) is 12.1 Å². The van der Waals surface area contributed by atoms with Crippen LogP contribution in [0.5, 0.6) is 0 Å². The Morgan fingerprint density at radius 1 is 1.14 bits per heavy atom. The Balaban J connectivity index is 1.62. The number of halogens is 1. The molecule has 3 nitrogen and oxygen atoms in total. The summed E-state index contributed by atoms with van der Waals surface area (Å²) in [5.41, 5.74) is 2.23. The maximum atomic E-state index is 13.7. The van der Waals surface area contributed by atoms with E-state index in [2.05, 4.69) is 59.6 Å². The SMILES string of the molecule is CC(=O)NC1CN(C(C)c2cccc3ccccc23)C1Cc1cccc(F)c1. The number of nitrogens with one attached hydrogen (secondary N) is 1. The van der Waals surface area contributed by atoms with Crippen molar-refractivity contribution < 1.29 is 9.18 Å². The van der Waals surface area contributed by atoms with Gasteiger partial charge >= 0.3 is 0 Å². The zero-order valence-corrected chi connectivity index (χ0v) is 16.2. The molecule has 0 spiro atoms. The Hall–Kier alpha value is -2.72. The molecule has 1 aliphatic rings. The van der Waals surface area contributed by atoms with Gasteiger partial charge in [-0.2, -0.15) is 0 Å². The first kappa shape index (κ1) is 18.6. The lowest BCUT2D eigenvalue weighted by Gasteiger charge is -2.51. The molecule has 4 rings (SSSR count). The second-order valence-corrected chi connectivity index (χ2v) is 7.65. The summed E-state index contributed by atoms with van der Waals surface area (Å²) in [6.45, 7) is 4.56. The Morgan fingerprint density at radius 3 is 2.68 bits per heavy atom. The number of carbonyl (C=O) groups is 1. The predicted octanol–water partition coefficient (Wildman–Crippen LogP) is 4.47. The van der Waals surface area contributed by atoms with Gasteiger partial charge in [0.2, 0.25) is 5.91 Å². The molecular weight excluding hydrogens is 351 g/mol. The zero-order chi connectivity index (χ0) is 19.7. The topological polar surface area (TPSA) is 32.3 Å². The second kappa shape index (κ2) is 7.72. The zero-order valence-electron chi connectivity index (χ0n) is 16.2. The van der Waals surface area contributed by atoms with E-state index in [-0.39, 0.29) is 29.8 Å². The fourth-order valence-electron chi connectivity index (χ4n) is 4.38. The van der Waals surface area contributed by atoms with Crippen molar-refractivity contribution >= 4 is 16.7 Å². The third-order valence-electron chi connectivity index (χ3n) is 5.79. The Bertz CT molecular complexity index is 997. The molecule has 1 saturated heterocycles. The van der Waals surface area contributed by atoms with E-state index in [9.17, 15) is 9.18 Å². The van der Waals surface area contributed by atoms with E-state index in [1.165, 1.54) is 22.4 Å². The van der Waals surface area contributed by atoms with Crippen LogP contribution in [0.2, 0.25) is 0 Å². The average Bonchev–Trinajstić information content (AvgIpc) is 2.68. The minimum absolute atomic E-state index is 0.0216. The van der Waals surface area contributed by atoms with Gasteiger partial charge in [0.1, 0.15) is 5.82 Å². The molecule has 1 fully saturated rings. The molecular formula is C24H25FN2O. The molecule has 1 aliphatic heterocycles. The van der Waals surface area contributed by atoms with Gasteiger partial charge < -0.3 is 5.32 Å². The maximum Gasteiger partial charge on any atom is 0.217 e. The summed E-state index contributed by atoms with van der Waals surface area (Å²) in [4.78, 5) is 14.0. The number of fused-ring (bicyclic) bond motifs is 1. The monoisotopic (exact) mass is 376 g/mol. The molecule has 0 radical (unpaired) electrons. The Morgan fingerprint density at radius 2 is 1.89 bits per heavy atom. The van der Waals surface area contributed by atoms with Gasteiger partial charge in [-0.15, -0.1) is 0 Å². The highest BCUT2D eigenvalue weighted by atomic mass is 19.1. The highest BCUT2D eigenvalue weighted by Crippen LogP contribution is 2.35. The number of rotatable bonds is 5. The van der Waals surface area contributed by atoms with Gasteiger partial charge in [-0.3, -0.25) is 9.69 Å². The number of hydrogen-bond acceptors (Lipinski definition) is 2. The first-order valence-corrected chi connectivity index (χ1v) is 9.78. The molecule has 1 N–H and O–H groups in total. The van der Waals surface area contributed by atoms with Crippen molar-refractivity contribution in [3.05, 3.63) is 83.7 Å². The van der Waals surface area contributed by atoms with Crippen LogP contribution in [0, 0.1) is 5.82 Å². The van der Waals surface area contributed by atoms with Crippen LogP contribution in [-0.2, 0) is 11.2 Å². The first-order chi connectivity index (χ1) is 13.5. The lowest BCUT2D eigenvalue weighted by molar-refractivity contribution is -0.122. The van der Waals surface area contributed by atoms with Crippen LogP contribution in [0.1, 0.15) is 31.0 Å². The van der Waals surface area contributed by atoms with Crippen molar-refractivity contribution in [2.24, 2.45) is 0 Å². The van der Waals surface area contributed by atoms with Crippen LogP contribution in [0.3, 0.4) is 0 Å². The van der Waals surface area contributed by atoms with Gasteiger partial charge in [0.05, 0.1) is 6.04 Å². The number of amides is 1. The third kappa shape index (κ3) is 3.65. The summed E-state index contributed by atoms with van der Waals surface area (Å²) in [5.74, 6) is -0.242. The van der Waals surface area contributed by atoms with Crippen LogP contribution >= 0.6 is 0 Å². The van der Waals surface area contributed by atoms with Gasteiger partial charge in [0.15, 0.2) is 0 Å². The number of carbonyl (C=O) groups excluding carboxylic acids is 1. The van der Waals surface area contributed by atoms with Crippen molar-refractivity contribution in [2.75, 3.05) is 6.54 Å². The van der Waals surface area contributed by atoms with Crippen molar-refractivity contribution in [3.63, 3.8) is 0 Å². The normalized spacial score (nSPS) is 20.5.